The highest BCUT2D eigenvalue weighted by molar-refractivity contribution is 5.93. The average Bonchev–Trinajstić information content (AvgIpc) is 2.87. The van der Waals surface area contributed by atoms with Gasteiger partial charge < -0.3 is 0 Å². The van der Waals surface area contributed by atoms with E-state index in [1.807, 2.05) is 6.08 Å². The van der Waals surface area contributed by atoms with Gasteiger partial charge in [-0.15, -0.1) is 0 Å². The minimum atomic E-state index is -0.429. The number of aldehydes is 1. The van der Waals surface area contributed by atoms with E-state index in [1.54, 1.807) is 0 Å². The van der Waals surface area contributed by atoms with Crippen molar-refractivity contribution in [2.24, 2.45) is 22.7 Å². The van der Waals surface area contributed by atoms with Crippen molar-refractivity contribution >= 4 is 12.1 Å². The Kier molecular flexibility index (Phi) is 3.83. The Bertz CT molecular complexity index is 664. The minimum Gasteiger partial charge on any atom is -0.299 e. The molecular weight excluding hydrogens is 286 g/mol. The predicted octanol–water partition coefficient (Wildman–Crippen LogP) is 4.15. The zero-order valence-electron chi connectivity index (χ0n) is 14.3. The first-order chi connectivity index (χ1) is 10.9. The molecule has 0 aromatic carbocycles. The van der Waals surface area contributed by atoms with Gasteiger partial charge in [0.05, 0.1) is 11.5 Å². The van der Waals surface area contributed by atoms with E-state index in [0.717, 1.165) is 32.0 Å². The number of Topliss-reactive ketones (excluding diaryl/α,β-unsaturated/α-hetero) is 1. The Labute approximate surface area is 138 Å². The summed E-state index contributed by atoms with van der Waals surface area (Å²) in [6, 6.07) is 2.62. The first-order valence-corrected chi connectivity index (χ1v) is 8.70. The third-order valence-corrected chi connectivity index (χ3v) is 6.55. The Morgan fingerprint density at radius 2 is 2.09 bits per heavy atom. The van der Waals surface area contributed by atoms with Crippen LogP contribution in [0.3, 0.4) is 0 Å². The highest BCUT2D eigenvalue weighted by atomic mass is 16.1. The lowest BCUT2D eigenvalue weighted by atomic mass is 9.54. The molecule has 0 spiro atoms. The van der Waals surface area contributed by atoms with Gasteiger partial charge in [0, 0.05) is 11.8 Å². The van der Waals surface area contributed by atoms with E-state index in [-0.39, 0.29) is 23.5 Å². The Morgan fingerprint density at radius 1 is 1.35 bits per heavy atom. The second kappa shape index (κ2) is 5.44. The summed E-state index contributed by atoms with van der Waals surface area (Å²) in [7, 11) is 0. The number of nitrogens with zero attached hydrogens (tertiary/aromatic N) is 1. The standard InChI is InChI=1S/C20H25NO2/c1-13(2)15-6-7-20(12-21)9-8-19(3)16(18(15)20)5-4-14(11-22)10-17(19)23/h4,11,13,16H,5-10H2,1-3H3/t16-,19-,20-/m1/s1. The molecule has 3 nitrogen and oxygen atoms in total. The molecule has 122 valence electrons. The third-order valence-electron chi connectivity index (χ3n) is 6.55. The van der Waals surface area contributed by atoms with Gasteiger partial charge in [0.15, 0.2) is 0 Å². The van der Waals surface area contributed by atoms with E-state index in [1.165, 1.54) is 11.1 Å². The number of rotatable bonds is 2. The van der Waals surface area contributed by atoms with E-state index in [4.69, 9.17) is 0 Å². The van der Waals surface area contributed by atoms with Crippen molar-refractivity contribution in [3.05, 3.63) is 22.8 Å². The maximum atomic E-state index is 12.9. The molecule has 0 aromatic rings. The lowest BCUT2D eigenvalue weighted by molar-refractivity contribution is -0.131. The van der Waals surface area contributed by atoms with Gasteiger partial charge in [-0.05, 0) is 55.1 Å². The van der Waals surface area contributed by atoms with E-state index in [9.17, 15) is 14.9 Å². The van der Waals surface area contributed by atoms with Crippen LogP contribution in [-0.4, -0.2) is 12.1 Å². The topological polar surface area (TPSA) is 57.9 Å². The fourth-order valence-corrected chi connectivity index (χ4v) is 5.01. The van der Waals surface area contributed by atoms with Crippen molar-refractivity contribution in [2.75, 3.05) is 0 Å². The highest BCUT2D eigenvalue weighted by Gasteiger charge is 2.56. The second-order valence-corrected chi connectivity index (χ2v) is 7.99. The molecule has 3 atom stereocenters. The van der Waals surface area contributed by atoms with Gasteiger partial charge in [-0.2, -0.15) is 5.26 Å². The number of hydrogen-bond donors (Lipinski definition) is 0. The van der Waals surface area contributed by atoms with Crippen molar-refractivity contribution in [3.8, 4) is 6.07 Å². The summed E-state index contributed by atoms with van der Waals surface area (Å²) in [5.74, 6) is 0.670. The number of hydrogen-bond acceptors (Lipinski definition) is 3. The summed E-state index contributed by atoms with van der Waals surface area (Å²) in [6.07, 6.45) is 7.15. The largest absolute Gasteiger partial charge is 0.299 e. The lowest BCUT2D eigenvalue weighted by Gasteiger charge is -2.47. The molecule has 0 unspecified atom stereocenters. The van der Waals surface area contributed by atoms with Crippen molar-refractivity contribution in [2.45, 2.75) is 59.3 Å². The van der Waals surface area contributed by atoms with Crippen LogP contribution in [0.1, 0.15) is 59.3 Å². The van der Waals surface area contributed by atoms with Gasteiger partial charge in [-0.3, -0.25) is 9.59 Å². The number of carbonyl (C=O) groups excluding carboxylic acids is 2. The number of fused-ring (bicyclic) bond motifs is 3. The van der Waals surface area contributed by atoms with Gasteiger partial charge in [0.2, 0.25) is 0 Å². The normalized spacial score (nSPS) is 36.9. The zero-order valence-corrected chi connectivity index (χ0v) is 14.3. The first kappa shape index (κ1) is 16.2. The molecule has 0 aromatic heterocycles. The van der Waals surface area contributed by atoms with Crippen molar-refractivity contribution < 1.29 is 9.59 Å². The quantitative estimate of drug-likeness (QED) is 0.568. The first-order valence-electron chi connectivity index (χ1n) is 8.70. The van der Waals surface area contributed by atoms with Crippen LogP contribution < -0.4 is 0 Å². The van der Waals surface area contributed by atoms with E-state index < -0.39 is 5.41 Å². The summed E-state index contributed by atoms with van der Waals surface area (Å²) in [5, 5.41) is 9.92. The molecule has 23 heavy (non-hydrogen) atoms. The average molecular weight is 311 g/mol. The number of ketones is 1. The molecule has 0 radical (unpaired) electrons. The Balaban J connectivity index is 2.17. The molecule has 3 heteroatoms. The molecule has 3 aliphatic rings. The van der Waals surface area contributed by atoms with Gasteiger partial charge in [0.1, 0.15) is 12.1 Å². The van der Waals surface area contributed by atoms with Crippen LogP contribution in [0.5, 0.6) is 0 Å². The van der Waals surface area contributed by atoms with Crippen molar-refractivity contribution in [1.29, 1.82) is 5.26 Å². The molecular formula is C20H25NO2. The van der Waals surface area contributed by atoms with Gasteiger partial charge >= 0.3 is 0 Å². The number of nitriles is 1. The SMILES string of the molecule is CC(C)C1=C2[C@H]3CC=C(C=O)CC(=O)[C@]3(C)CC[C@@]2(C#N)CC1. The van der Waals surface area contributed by atoms with Gasteiger partial charge in [-0.25, -0.2) is 0 Å². The van der Waals surface area contributed by atoms with Gasteiger partial charge in [0.25, 0.3) is 0 Å². The summed E-state index contributed by atoms with van der Waals surface area (Å²) < 4.78 is 0. The molecule has 0 bridgehead atoms. The summed E-state index contributed by atoms with van der Waals surface area (Å²) >= 11 is 0. The second-order valence-electron chi connectivity index (χ2n) is 7.99. The lowest BCUT2D eigenvalue weighted by Crippen LogP contribution is -2.45. The van der Waals surface area contributed by atoms with Crippen molar-refractivity contribution in [3.63, 3.8) is 0 Å². The monoisotopic (exact) mass is 311 g/mol. The zero-order chi connectivity index (χ0) is 16.8. The van der Waals surface area contributed by atoms with E-state index in [2.05, 4.69) is 26.8 Å². The van der Waals surface area contributed by atoms with Crippen LogP contribution in [0.25, 0.3) is 0 Å². The molecule has 1 fully saturated rings. The van der Waals surface area contributed by atoms with Crippen LogP contribution in [0.15, 0.2) is 22.8 Å². The molecule has 3 rings (SSSR count). The third kappa shape index (κ3) is 2.23. The highest BCUT2D eigenvalue weighted by Crippen LogP contribution is 2.62. The van der Waals surface area contributed by atoms with E-state index >= 15 is 0 Å². The fraction of sp³-hybridized carbons (Fsp3) is 0.650. The Hall–Kier alpha value is -1.69. The van der Waals surface area contributed by atoms with Crippen LogP contribution >= 0.6 is 0 Å². The van der Waals surface area contributed by atoms with Crippen LogP contribution in [-0.2, 0) is 9.59 Å². The van der Waals surface area contributed by atoms with Gasteiger partial charge in [-0.1, -0.05) is 32.4 Å². The summed E-state index contributed by atoms with van der Waals surface area (Å²) in [6.45, 7) is 6.44. The van der Waals surface area contributed by atoms with E-state index in [0.29, 0.717) is 17.9 Å². The molecule has 3 aliphatic carbocycles. The van der Waals surface area contributed by atoms with Crippen LogP contribution in [0, 0.1) is 34.0 Å². The number of allylic oxidation sites excluding steroid dienone is 4. The smallest absolute Gasteiger partial charge is 0.146 e. The fourth-order valence-electron chi connectivity index (χ4n) is 5.01. The van der Waals surface area contributed by atoms with Crippen LogP contribution in [0.2, 0.25) is 0 Å². The molecule has 0 amide bonds. The maximum absolute atomic E-state index is 12.9. The Morgan fingerprint density at radius 3 is 2.70 bits per heavy atom. The molecule has 1 saturated carbocycles. The predicted molar refractivity (Wildman–Crippen MR) is 88.4 cm³/mol. The summed E-state index contributed by atoms with van der Waals surface area (Å²) in [4.78, 5) is 24.1. The van der Waals surface area contributed by atoms with Crippen LogP contribution in [0.4, 0.5) is 0 Å². The number of carbonyl (C=O) groups is 2. The molecule has 0 saturated heterocycles. The summed E-state index contributed by atoms with van der Waals surface area (Å²) in [5.41, 5.74) is 2.45. The van der Waals surface area contributed by atoms with Crippen molar-refractivity contribution in [1.82, 2.24) is 0 Å². The minimum absolute atomic E-state index is 0.0840. The molecule has 0 N–H and O–H groups in total. The maximum Gasteiger partial charge on any atom is 0.146 e. The molecule has 0 aliphatic heterocycles. The molecule has 0 heterocycles.